The summed E-state index contributed by atoms with van der Waals surface area (Å²) in [5.74, 6) is 1.57. The van der Waals surface area contributed by atoms with E-state index in [1.165, 1.54) is 0 Å². The molecule has 0 amide bonds. The predicted molar refractivity (Wildman–Crippen MR) is 80.2 cm³/mol. The Bertz CT molecular complexity index is 776. The van der Waals surface area contributed by atoms with E-state index in [1.54, 1.807) is 10.7 Å². The van der Waals surface area contributed by atoms with Gasteiger partial charge in [0.15, 0.2) is 0 Å². The second-order valence-corrected chi connectivity index (χ2v) is 5.03. The molecular weight excluding hydrogens is 266 g/mol. The number of nitrogen functional groups attached to an aromatic ring is 1. The highest BCUT2D eigenvalue weighted by Gasteiger charge is 2.16. The van der Waals surface area contributed by atoms with Crippen molar-refractivity contribution in [3.05, 3.63) is 47.3 Å². The summed E-state index contributed by atoms with van der Waals surface area (Å²) in [6.07, 6.45) is 1.49. The lowest BCUT2D eigenvalue weighted by molar-refractivity contribution is 0.216. The van der Waals surface area contributed by atoms with E-state index < -0.39 is 0 Å². The predicted octanol–water partition coefficient (Wildman–Crippen LogP) is 2.46. The van der Waals surface area contributed by atoms with Gasteiger partial charge in [-0.25, -0.2) is 4.98 Å². The van der Waals surface area contributed by atoms with E-state index in [0.717, 1.165) is 22.6 Å². The molecule has 21 heavy (non-hydrogen) atoms. The normalized spacial score (nSPS) is 12.5. The first-order chi connectivity index (χ1) is 10.1. The summed E-state index contributed by atoms with van der Waals surface area (Å²) < 4.78 is 7.74. The van der Waals surface area contributed by atoms with Gasteiger partial charge in [-0.2, -0.15) is 9.50 Å². The highest BCUT2D eigenvalue weighted by atomic mass is 16.5. The number of ether oxygens (including phenoxy) is 1. The molecule has 0 aliphatic heterocycles. The van der Waals surface area contributed by atoms with Crippen LogP contribution in [0.5, 0.6) is 5.75 Å². The van der Waals surface area contributed by atoms with Crippen LogP contribution in [0.3, 0.4) is 0 Å². The lowest BCUT2D eigenvalue weighted by Crippen LogP contribution is -2.11. The molecule has 0 saturated carbocycles. The van der Waals surface area contributed by atoms with Crippen LogP contribution < -0.4 is 10.5 Å². The summed E-state index contributed by atoms with van der Waals surface area (Å²) >= 11 is 0. The van der Waals surface area contributed by atoms with E-state index in [2.05, 4.69) is 15.1 Å². The Morgan fingerprint density at radius 3 is 2.62 bits per heavy atom. The molecule has 0 fully saturated rings. The van der Waals surface area contributed by atoms with Crippen molar-refractivity contribution in [1.82, 2.24) is 19.6 Å². The summed E-state index contributed by atoms with van der Waals surface area (Å²) in [6.45, 7) is 6.04. The van der Waals surface area contributed by atoms with Crippen LogP contribution in [0.4, 0.5) is 5.95 Å². The van der Waals surface area contributed by atoms with E-state index in [9.17, 15) is 0 Å². The molecule has 0 bridgehead atoms. The fourth-order valence-electron chi connectivity index (χ4n) is 2.36. The van der Waals surface area contributed by atoms with Crippen LogP contribution >= 0.6 is 0 Å². The van der Waals surface area contributed by atoms with Gasteiger partial charge in [-0.15, -0.1) is 5.10 Å². The highest BCUT2D eigenvalue weighted by molar-refractivity contribution is 5.40. The standard InChI is InChI=1S/C15H17N5O/c1-9-5-4-6-10(2)13(9)21-11(3)12-7-8-17-15-18-14(16)19-20(12)15/h4-8,11H,1-3H3,(H2,16,19). The van der Waals surface area contributed by atoms with E-state index in [0.29, 0.717) is 5.78 Å². The van der Waals surface area contributed by atoms with E-state index in [4.69, 9.17) is 10.5 Å². The van der Waals surface area contributed by atoms with Gasteiger partial charge in [0.1, 0.15) is 11.9 Å². The summed E-state index contributed by atoms with van der Waals surface area (Å²) in [6, 6.07) is 7.94. The number of aromatic nitrogens is 4. The van der Waals surface area contributed by atoms with Gasteiger partial charge < -0.3 is 10.5 Å². The van der Waals surface area contributed by atoms with Gasteiger partial charge in [0.2, 0.25) is 5.95 Å². The zero-order valence-corrected chi connectivity index (χ0v) is 12.2. The smallest absolute Gasteiger partial charge is 0.254 e. The molecule has 2 heterocycles. The quantitative estimate of drug-likeness (QED) is 0.798. The number of hydrogen-bond donors (Lipinski definition) is 1. The third-order valence-electron chi connectivity index (χ3n) is 3.41. The average molecular weight is 283 g/mol. The van der Waals surface area contributed by atoms with Crippen molar-refractivity contribution in [2.75, 3.05) is 5.73 Å². The summed E-state index contributed by atoms with van der Waals surface area (Å²) in [5.41, 5.74) is 8.69. The number of anilines is 1. The zero-order valence-electron chi connectivity index (χ0n) is 12.2. The molecule has 0 saturated heterocycles. The van der Waals surface area contributed by atoms with Gasteiger partial charge in [0, 0.05) is 6.20 Å². The number of nitrogens with two attached hydrogens (primary N) is 1. The Hall–Kier alpha value is -2.63. The van der Waals surface area contributed by atoms with E-state index in [1.807, 2.05) is 45.0 Å². The molecule has 0 aliphatic rings. The average Bonchev–Trinajstić information content (AvgIpc) is 2.82. The highest BCUT2D eigenvalue weighted by Crippen LogP contribution is 2.28. The second-order valence-electron chi connectivity index (χ2n) is 5.03. The number of fused-ring (bicyclic) bond motifs is 1. The summed E-state index contributed by atoms with van der Waals surface area (Å²) in [7, 11) is 0. The van der Waals surface area contributed by atoms with Crippen molar-refractivity contribution in [1.29, 1.82) is 0 Å². The largest absolute Gasteiger partial charge is 0.484 e. The maximum atomic E-state index is 6.12. The molecule has 0 spiro atoms. The molecule has 1 atom stereocenters. The molecular formula is C15H17N5O. The van der Waals surface area contributed by atoms with Crippen LogP contribution in [0, 0.1) is 13.8 Å². The SMILES string of the molecule is Cc1cccc(C)c1OC(C)c1ccnc2nc(N)nn12. The van der Waals surface area contributed by atoms with Crippen LogP contribution in [0.1, 0.15) is 29.8 Å². The van der Waals surface area contributed by atoms with Crippen molar-refractivity contribution in [2.45, 2.75) is 26.9 Å². The number of rotatable bonds is 3. The topological polar surface area (TPSA) is 78.3 Å². The molecule has 6 nitrogen and oxygen atoms in total. The monoisotopic (exact) mass is 283 g/mol. The molecule has 1 unspecified atom stereocenters. The van der Waals surface area contributed by atoms with Crippen molar-refractivity contribution in [3.8, 4) is 5.75 Å². The van der Waals surface area contributed by atoms with Gasteiger partial charge in [-0.3, -0.25) is 0 Å². The molecule has 2 N–H and O–H groups in total. The van der Waals surface area contributed by atoms with Crippen LogP contribution in [0.2, 0.25) is 0 Å². The van der Waals surface area contributed by atoms with Gasteiger partial charge in [-0.05, 0) is 38.0 Å². The molecule has 0 radical (unpaired) electrons. The van der Waals surface area contributed by atoms with Crippen LogP contribution in [0.25, 0.3) is 5.78 Å². The Morgan fingerprint density at radius 2 is 1.90 bits per heavy atom. The van der Waals surface area contributed by atoms with E-state index in [-0.39, 0.29) is 12.1 Å². The maximum Gasteiger partial charge on any atom is 0.254 e. The van der Waals surface area contributed by atoms with Crippen molar-refractivity contribution in [3.63, 3.8) is 0 Å². The van der Waals surface area contributed by atoms with Gasteiger partial charge in [-0.1, -0.05) is 18.2 Å². The lowest BCUT2D eigenvalue weighted by Gasteiger charge is -2.18. The molecule has 3 aromatic rings. The number of hydrogen-bond acceptors (Lipinski definition) is 5. The number of aryl methyl sites for hydroxylation is 2. The maximum absolute atomic E-state index is 6.12. The summed E-state index contributed by atoms with van der Waals surface area (Å²) in [4.78, 5) is 8.20. The molecule has 1 aromatic carbocycles. The Balaban J connectivity index is 1.99. The minimum absolute atomic E-state index is 0.198. The fraction of sp³-hybridized carbons (Fsp3) is 0.267. The van der Waals surface area contributed by atoms with Crippen LogP contribution in [-0.2, 0) is 0 Å². The number of nitrogens with zero attached hydrogens (tertiary/aromatic N) is 4. The summed E-state index contributed by atoms with van der Waals surface area (Å²) in [5, 5.41) is 4.16. The lowest BCUT2D eigenvalue weighted by atomic mass is 10.1. The van der Waals surface area contributed by atoms with Crippen molar-refractivity contribution < 1.29 is 4.74 Å². The second kappa shape index (κ2) is 5.05. The van der Waals surface area contributed by atoms with Crippen molar-refractivity contribution >= 4 is 11.7 Å². The number of benzene rings is 1. The minimum atomic E-state index is -0.198. The molecule has 6 heteroatoms. The Kier molecular flexibility index (Phi) is 3.21. The zero-order chi connectivity index (χ0) is 15.0. The van der Waals surface area contributed by atoms with E-state index >= 15 is 0 Å². The molecule has 3 rings (SSSR count). The molecule has 0 aliphatic carbocycles. The minimum Gasteiger partial charge on any atom is -0.484 e. The third-order valence-corrected chi connectivity index (χ3v) is 3.41. The van der Waals surface area contributed by atoms with Gasteiger partial charge in [0.25, 0.3) is 5.78 Å². The Labute approximate surface area is 122 Å². The molecule has 2 aromatic heterocycles. The first-order valence-electron chi connectivity index (χ1n) is 6.76. The van der Waals surface area contributed by atoms with Crippen molar-refractivity contribution in [2.24, 2.45) is 0 Å². The first kappa shape index (κ1) is 13.4. The fourth-order valence-corrected chi connectivity index (χ4v) is 2.36. The Morgan fingerprint density at radius 1 is 1.19 bits per heavy atom. The molecule has 108 valence electrons. The van der Waals surface area contributed by atoms with Gasteiger partial charge in [0.05, 0.1) is 5.69 Å². The number of para-hydroxylation sites is 1. The van der Waals surface area contributed by atoms with Crippen LogP contribution in [0.15, 0.2) is 30.5 Å². The van der Waals surface area contributed by atoms with Crippen LogP contribution in [-0.4, -0.2) is 19.6 Å². The third kappa shape index (κ3) is 2.40. The first-order valence-corrected chi connectivity index (χ1v) is 6.76. The van der Waals surface area contributed by atoms with Gasteiger partial charge >= 0.3 is 0 Å².